The number of ether oxygens (including phenoxy) is 1. The van der Waals surface area contributed by atoms with Crippen molar-refractivity contribution in [2.45, 2.75) is 37.3 Å². The van der Waals surface area contributed by atoms with Gasteiger partial charge in [-0.05, 0) is 30.2 Å². The van der Waals surface area contributed by atoms with E-state index >= 15 is 0 Å². The molecule has 1 aromatic rings. The van der Waals surface area contributed by atoms with Crippen LogP contribution in [-0.2, 0) is 17.3 Å². The molecule has 2 atom stereocenters. The van der Waals surface area contributed by atoms with Gasteiger partial charge >= 0.3 is 6.18 Å². The molecule has 4 aliphatic rings. The molecular formula is C21H24F3N7O2. The molecule has 0 spiro atoms. The summed E-state index contributed by atoms with van der Waals surface area (Å²) in [5.41, 5.74) is -1.16. The van der Waals surface area contributed by atoms with E-state index in [2.05, 4.69) is 15.4 Å². The number of fused-ring (bicyclic) bond motifs is 1. The number of rotatable bonds is 3. The van der Waals surface area contributed by atoms with E-state index in [1.807, 2.05) is 9.80 Å². The van der Waals surface area contributed by atoms with Gasteiger partial charge < -0.3 is 14.7 Å². The Hall–Kier alpha value is -2.70. The third-order valence-electron chi connectivity index (χ3n) is 6.30. The van der Waals surface area contributed by atoms with Gasteiger partial charge in [-0.2, -0.15) is 13.2 Å². The van der Waals surface area contributed by atoms with Crippen LogP contribution in [0.2, 0.25) is 0 Å². The van der Waals surface area contributed by atoms with Crippen LogP contribution in [-0.4, -0.2) is 83.1 Å². The van der Waals surface area contributed by atoms with Crippen molar-refractivity contribution in [3.63, 3.8) is 0 Å². The van der Waals surface area contributed by atoms with Crippen LogP contribution in [0.15, 0.2) is 49.7 Å². The number of amidine groups is 2. The van der Waals surface area contributed by atoms with E-state index in [0.717, 1.165) is 6.07 Å². The first-order valence-corrected chi connectivity index (χ1v) is 10.8. The number of aliphatic imine (C=N–C) groups is 2. The first kappa shape index (κ1) is 22.1. The summed E-state index contributed by atoms with van der Waals surface area (Å²) in [5.74, 6) is -0.687. The van der Waals surface area contributed by atoms with Gasteiger partial charge in [0.1, 0.15) is 0 Å². The Labute approximate surface area is 188 Å². The smallest absolute Gasteiger partial charge is 0.388 e. The van der Waals surface area contributed by atoms with Gasteiger partial charge in [-0.1, -0.05) is 18.2 Å². The molecule has 5 rings (SSSR count). The molecule has 176 valence electrons. The lowest BCUT2D eigenvalue weighted by molar-refractivity contribution is -0.138. The summed E-state index contributed by atoms with van der Waals surface area (Å²) in [6.07, 6.45) is -4.09. The van der Waals surface area contributed by atoms with Gasteiger partial charge in [-0.15, -0.1) is 10.2 Å². The maximum absolute atomic E-state index is 13.8. The predicted molar refractivity (Wildman–Crippen MR) is 114 cm³/mol. The molecule has 1 aromatic carbocycles. The number of β-amino-alcohol motifs (C(OH)–C–C–N with tert-alkyl or cyclic N) is 1. The SMILES string of the molecule is C[C@]1(O)CCN(C2=NC(Cc3ccccc3C(F)(F)F)(N3CCOCC3)N=C3N=NN=C32)C1. The molecule has 2 saturated heterocycles. The number of hydrogen-bond acceptors (Lipinski definition) is 9. The monoisotopic (exact) mass is 463 g/mol. The number of alkyl halides is 3. The molecule has 0 aliphatic carbocycles. The topological polar surface area (TPSA) is 97.7 Å². The standard InChI is InChI=1S/C21H24F3N7O2/c1-19(32)6-7-30(13-19)18-16-17(28-29-27-16)25-20(26-18,31-8-10-33-11-9-31)12-14-4-2-3-5-15(14)21(22,23)24/h2-5,32H,6-13H2,1H3/t19-,20?/m0/s1. The van der Waals surface area contributed by atoms with Crippen molar-refractivity contribution < 1.29 is 23.0 Å². The van der Waals surface area contributed by atoms with Crippen LogP contribution in [0, 0.1) is 0 Å². The fraction of sp³-hybridized carbons (Fsp3) is 0.571. The average molecular weight is 463 g/mol. The molecule has 4 aliphatic heterocycles. The zero-order chi connectivity index (χ0) is 23.3. The van der Waals surface area contributed by atoms with E-state index in [9.17, 15) is 18.3 Å². The normalized spacial score (nSPS) is 30.2. The lowest BCUT2D eigenvalue weighted by atomic mass is 9.98. The van der Waals surface area contributed by atoms with Gasteiger partial charge in [0.25, 0.3) is 0 Å². The van der Waals surface area contributed by atoms with Crippen LogP contribution in [0.25, 0.3) is 0 Å². The summed E-state index contributed by atoms with van der Waals surface area (Å²) < 4.78 is 46.9. The lowest BCUT2D eigenvalue weighted by Crippen LogP contribution is -2.57. The molecule has 0 bridgehead atoms. The highest BCUT2D eigenvalue weighted by Gasteiger charge is 2.47. The molecule has 0 saturated carbocycles. The van der Waals surface area contributed by atoms with Gasteiger partial charge in [0.2, 0.25) is 11.6 Å². The summed E-state index contributed by atoms with van der Waals surface area (Å²) in [6.45, 7) is 4.31. The maximum atomic E-state index is 13.8. The van der Waals surface area contributed by atoms with Crippen LogP contribution in [0.1, 0.15) is 24.5 Å². The molecular weight excluding hydrogens is 439 g/mol. The molecule has 9 nitrogen and oxygen atoms in total. The minimum absolute atomic E-state index is 0.0904. The van der Waals surface area contributed by atoms with E-state index in [0.29, 0.717) is 57.4 Å². The second-order valence-electron chi connectivity index (χ2n) is 8.88. The summed E-state index contributed by atoms with van der Waals surface area (Å²) in [7, 11) is 0. The van der Waals surface area contributed by atoms with Crippen LogP contribution >= 0.6 is 0 Å². The van der Waals surface area contributed by atoms with Gasteiger partial charge in [0.05, 0.1) is 24.4 Å². The van der Waals surface area contributed by atoms with Crippen molar-refractivity contribution in [2.24, 2.45) is 25.4 Å². The van der Waals surface area contributed by atoms with E-state index in [1.165, 1.54) is 12.1 Å². The Morgan fingerprint density at radius 3 is 2.58 bits per heavy atom. The number of halogens is 3. The first-order valence-electron chi connectivity index (χ1n) is 10.8. The Balaban J connectivity index is 1.63. The highest BCUT2D eigenvalue weighted by Crippen LogP contribution is 2.37. The second-order valence-corrected chi connectivity index (χ2v) is 8.88. The van der Waals surface area contributed by atoms with Gasteiger partial charge in [0, 0.05) is 32.6 Å². The Morgan fingerprint density at radius 2 is 1.88 bits per heavy atom. The molecule has 0 amide bonds. The Bertz CT molecular complexity index is 1060. The third-order valence-corrected chi connectivity index (χ3v) is 6.30. The molecule has 12 heteroatoms. The number of morpholine rings is 1. The average Bonchev–Trinajstić information content (AvgIpc) is 3.39. The molecule has 0 aromatic heterocycles. The van der Waals surface area contributed by atoms with Crippen molar-refractivity contribution in [1.82, 2.24) is 9.80 Å². The van der Waals surface area contributed by atoms with Gasteiger partial charge in [0.15, 0.2) is 11.5 Å². The summed E-state index contributed by atoms with van der Waals surface area (Å²) >= 11 is 0. The number of aliphatic hydroxyl groups is 1. The number of benzene rings is 1. The third kappa shape index (κ3) is 4.18. The van der Waals surface area contributed by atoms with Crippen LogP contribution < -0.4 is 0 Å². The molecule has 1 N–H and O–H groups in total. The van der Waals surface area contributed by atoms with Crippen LogP contribution in [0.4, 0.5) is 13.2 Å². The fourth-order valence-electron chi connectivity index (χ4n) is 4.65. The zero-order valence-electron chi connectivity index (χ0n) is 18.1. The van der Waals surface area contributed by atoms with Crippen molar-refractivity contribution in [2.75, 3.05) is 39.4 Å². The maximum Gasteiger partial charge on any atom is 0.416 e. The molecule has 33 heavy (non-hydrogen) atoms. The van der Waals surface area contributed by atoms with Crippen molar-refractivity contribution in [1.29, 1.82) is 0 Å². The molecule has 0 radical (unpaired) electrons. The summed E-state index contributed by atoms with van der Waals surface area (Å²) in [6, 6.07) is 5.49. The summed E-state index contributed by atoms with van der Waals surface area (Å²) in [5, 5.41) is 22.4. The van der Waals surface area contributed by atoms with Crippen molar-refractivity contribution in [3.8, 4) is 0 Å². The van der Waals surface area contributed by atoms with E-state index < -0.39 is 23.1 Å². The lowest BCUT2D eigenvalue weighted by Gasteiger charge is -2.43. The number of hydrogen-bond donors (Lipinski definition) is 1. The van der Waals surface area contributed by atoms with Crippen molar-refractivity contribution >= 4 is 17.4 Å². The molecule has 1 unspecified atom stereocenters. The van der Waals surface area contributed by atoms with E-state index in [1.54, 1.807) is 13.0 Å². The highest BCUT2D eigenvalue weighted by molar-refractivity contribution is 6.68. The zero-order valence-corrected chi connectivity index (χ0v) is 18.1. The Kier molecular flexibility index (Phi) is 5.33. The molecule has 4 heterocycles. The van der Waals surface area contributed by atoms with Crippen LogP contribution in [0.5, 0.6) is 0 Å². The first-order chi connectivity index (χ1) is 15.7. The minimum atomic E-state index is -4.51. The van der Waals surface area contributed by atoms with Crippen molar-refractivity contribution in [3.05, 3.63) is 35.4 Å². The summed E-state index contributed by atoms with van der Waals surface area (Å²) in [4.78, 5) is 13.5. The minimum Gasteiger partial charge on any atom is -0.388 e. The quantitative estimate of drug-likeness (QED) is 0.744. The van der Waals surface area contributed by atoms with Gasteiger partial charge in [-0.3, -0.25) is 4.90 Å². The second kappa shape index (κ2) is 7.96. The molecule has 2 fully saturated rings. The van der Waals surface area contributed by atoms with Gasteiger partial charge in [-0.25, -0.2) is 9.98 Å². The Morgan fingerprint density at radius 1 is 1.12 bits per heavy atom. The highest BCUT2D eigenvalue weighted by atomic mass is 19.4. The number of nitrogens with zero attached hydrogens (tertiary/aromatic N) is 7. The fourth-order valence-corrected chi connectivity index (χ4v) is 4.65. The largest absolute Gasteiger partial charge is 0.416 e. The number of likely N-dealkylation sites (tertiary alicyclic amines) is 1. The van der Waals surface area contributed by atoms with Crippen LogP contribution in [0.3, 0.4) is 0 Å². The predicted octanol–water partition coefficient (Wildman–Crippen LogP) is 2.32. The van der Waals surface area contributed by atoms with E-state index in [-0.39, 0.29) is 17.8 Å². The van der Waals surface area contributed by atoms with E-state index in [4.69, 9.17) is 14.7 Å².